The van der Waals surface area contributed by atoms with Gasteiger partial charge in [-0.25, -0.2) is 0 Å². The Labute approximate surface area is 176 Å². The maximum Gasteiger partial charge on any atom is 1.00 e. The fourth-order valence-corrected chi connectivity index (χ4v) is 3.88. The molecule has 2 aromatic rings. The van der Waals surface area contributed by atoms with Gasteiger partial charge in [-0.05, 0) is 47.9 Å². The van der Waals surface area contributed by atoms with E-state index < -0.39 is 0 Å². The Morgan fingerprint density at radius 3 is 2.76 bits per heavy atom. The molecule has 0 bridgehead atoms. The number of fused-ring (bicyclic) bond motifs is 1. The van der Waals surface area contributed by atoms with Crippen LogP contribution in [0.5, 0.6) is 0 Å². The van der Waals surface area contributed by atoms with Crippen LogP contribution in [0.3, 0.4) is 0 Å². The summed E-state index contributed by atoms with van der Waals surface area (Å²) in [6.07, 6.45) is 2.57. The first-order valence-corrected chi connectivity index (χ1v) is 8.63. The van der Waals surface area contributed by atoms with E-state index in [1.807, 2.05) is 24.3 Å². The summed E-state index contributed by atoms with van der Waals surface area (Å²) < 4.78 is 0. The molecule has 8 heteroatoms. The molecular weight excluding hydrogens is 365 g/mol. The molecule has 1 aromatic heterocycles. The summed E-state index contributed by atoms with van der Waals surface area (Å²) in [5.74, 6) is -0.279. The number of carbonyl (C=O) groups excluding carboxylic acids is 2. The topological polar surface area (TPSA) is 72.3 Å². The number of carbonyl (C=O) groups is 2. The van der Waals surface area contributed by atoms with Crippen LogP contribution in [0.25, 0.3) is 21.8 Å². The largest absolute Gasteiger partial charge is 1.00 e. The van der Waals surface area contributed by atoms with Gasteiger partial charge in [0.15, 0.2) is 5.91 Å². The first kappa shape index (κ1) is 18.3. The van der Waals surface area contributed by atoms with Crippen LogP contribution in [0.2, 0.25) is 0 Å². The maximum atomic E-state index is 11.8. The van der Waals surface area contributed by atoms with Crippen molar-refractivity contribution in [1.82, 2.24) is 10.6 Å². The molecule has 0 spiro atoms. The zero-order chi connectivity index (χ0) is 16.7. The van der Waals surface area contributed by atoms with Gasteiger partial charge in [0.1, 0.15) is 0 Å². The van der Waals surface area contributed by atoms with Crippen LogP contribution in [-0.4, -0.2) is 23.5 Å². The Balaban J connectivity index is 0.00000182. The summed E-state index contributed by atoms with van der Waals surface area (Å²) in [7, 11) is 0. The molecular formula is C17H12N3NaO2S2. The van der Waals surface area contributed by atoms with E-state index in [0.717, 1.165) is 32.9 Å². The number of nitrogens with one attached hydrogen (secondary N) is 2. The molecule has 2 aliphatic rings. The third kappa shape index (κ3) is 3.70. The van der Waals surface area contributed by atoms with Crippen LogP contribution in [0.4, 0.5) is 0 Å². The molecule has 2 amide bonds. The summed E-state index contributed by atoms with van der Waals surface area (Å²) in [5.41, 5.74) is 3.22. The third-order valence-electron chi connectivity index (χ3n) is 3.90. The Kier molecular flexibility index (Phi) is 5.41. The third-order valence-corrected chi connectivity index (χ3v) is 5.17. The monoisotopic (exact) mass is 377 g/mol. The average Bonchev–Trinajstić information content (AvgIpc) is 3.14. The zero-order valence-electron chi connectivity index (χ0n) is 13.5. The van der Waals surface area contributed by atoms with Crippen LogP contribution < -0.4 is 40.2 Å². The van der Waals surface area contributed by atoms with Gasteiger partial charge in [-0.15, -0.1) is 11.3 Å². The Bertz CT molecular complexity index is 920. The van der Waals surface area contributed by atoms with Gasteiger partial charge >= 0.3 is 29.6 Å². The maximum absolute atomic E-state index is 11.8. The Hall–Kier alpha value is -1.51. The molecule has 0 saturated carbocycles. The first-order chi connectivity index (χ1) is 11.6. The van der Waals surface area contributed by atoms with E-state index in [1.165, 1.54) is 0 Å². The smallest absolute Gasteiger partial charge is 0.424 e. The molecule has 1 saturated heterocycles. The van der Waals surface area contributed by atoms with Gasteiger partial charge in [0, 0.05) is 32.7 Å². The van der Waals surface area contributed by atoms with Crippen molar-refractivity contribution in [2.24, 2.45) is 0 Å². The molecule has 1 fully saturated rings. The quantitative estimate of drug-likeness (QED) is 0.434. The van der Waals surface area contributed by atoms with E-state index in [1.54, 1.807) is 17.4 Å². The minimum Gasteiger partial charge on any atom is -0.424 e. The van der Waals surface area contributed by atoms with Gasteiger partial charge < -0.3 is 16.0 Å². The van der Waals surface area contributed by atoms with E-state index in [2.05, 4.69) is 22.0 Å². The van der Waals surface area contributed by atoms with Crippen molar-refractivity contribution in [3.05, 3.63) is 57.3 Å². The van der Waals surface area contributed by atoms with Gasteiger partial charge in [0.25, 0.3) is 5.91 Å². The number of hydrogen-bond donors (Lipinski definition) is 2. The van der Waals surface area contributed by atoms with Gasteiger partial charge in [-0.3, -0.25) is 9.59 Å². The molecule has 0 atom stereocenters. The fourth-order valence-electron chi connectivity index (χ4n) is 2.75. The molecule has 4 rings (SSSR count). The number of hydrogen-bond acceptors (Lipinski definition) is 4. The molecule has 3 heterocycles. The van der Waals surface area contributed by atoms with Crippen LogP contribution >= 0.6 is 23.6 Å². The predicted octanol–water partition coefficient (Wildman–Crippen LogP) is -0.166. The van der Waals surface area contributed by atoms with E-state index in [4.69, 9.17) is 12.2 Å². The molecule has 2 N–H and O–H groups in total. The molecule has 25 heavy (non-hydrogen) atoms. The van der Waals surface area contributed by atoms with E-state index in [9.17, 15) is 9.59 Å². The van der Waals surface area contributed by atoms with Crippen LogP contribution in [-0.2, 0) is 11.2 Å². The van der Waals surface area contributed by atoms with Crippen molar-refractivity contribution in [1.29, 1.82) is 0 Å². The van der Waals surface area contributed by atoms with Crippen LogP contribution in [0.15, 0.2) is 36.0 Å². The van der Waals surface area contributed by atoms with Crippen molar-refractivity contribution in [2.45, 2.75) is 6.42 Å². The molecule has 0 radical (unpaired) electrons. The number of thiophene rings is 1. The second-order valence-electron chi connectivity index (χ2n) is 5.48. The van der Waals surface area contributed by atoms with Crippen molar-refractivity contribution in [2.75, 3.05) is 6.54 Å². The zero-order valence-corrected chi connectivity index (χ0v) is 17.1. The second kappa shape index (κ2) is 7.39. The summed E-state index contributed by atoms with van der Waals surface area (Å²) in [4.78, 5) is 25.5. The van der Waals surface area contributed by atoms with Gasteiger partial charge in [-0.2, -0.15) is 0 Å². The molecule has 0 unspecified atom stereocenters. The van der Waals surface area contributed by atoms with E-state index >= 15 is 0 Å². The van der Waals surface area contributed by atoms with Crippen LogP contribution in [0.1, 0.15) is 20.8 Å². The van der Waals surface area contributed by atoms with Gasteiger partial charge in [-0.1, -0.05) is 18.3 Å². The number of benzene rings is 1. The second-order valence-corrected chi connectivity index (χ2v) is 6.98. The van der Waals surface area contributed by atoms with Crippen LogP contribution in [0, 0.1) is 0 Å². The SMILES string of the molecule is O=C1NC(=S)[N-]/C1=C/c1ccc(-c2ccc3c(c2)CCNC3=O)s1.[Na+]. The summed E-state index contributed by atoms with van der Waals surface area (Å²) >= 11 is 6.44. The summed E-state index contributed by atoms with van der Waals surface area (Å²) in [5, 5.41) is 9.55. The first-order valence-electron chi connectivity index (χ1n) is 7.40. The molecule has 5 nitrogen and oxygen atoms in total. The van der Waals surface area contributed by atoms with E-state index in [-0.39, 0.29) is 46.5 Å². The summed E-state index contributed by atoms with van der Waals surface area (Å²) in [6, 6.07) is 9.85. The number of nitrogens with zero attached hydrogens (tertiary/aromatic N) is 1. The van der Waals surface area contributed by atoms with Gasteiger partial charge in [0.05, 0.1) is 0 Å². The van der Waals surface area contributed by atoms with Crippen molar-refractivity contribution in [3.63, 3.8) is 0 Å². The fraction of sp³-hybridized carbons (Fsp3) is 0.118. The Morgan fingerprint density at radius 2 is 2.00 bits per heavy atom. The normalized spacial score (nSPS) is 17.4. The number of amides is 2. The van der Waals surface area contributed by atoms with E-state index in [0.29, 0.717) is 12.2 Å². The molecule has 1 aromatic carbocycles. The van der Waals surface area contributed by atoms with Crippen molar-refractivity contribution >= 4 is 46.6 Å². The van der Waals surface area contributed by atoms with Gasteiger partial charge in [0.2, 0.25) is 0 Å². The number of thiocarbonyl (C=S) groups is 1. The number of rotatable bonds is 2. The Morgan fingerprint density at radius 1 is 1.16 bits per heavy atom. The molecule has 2 aliphatic heterocycles. The predicted molar refractivity (Wildman–Crippen MR) is 97.9 cm³/mol. The molecule has 120 valence electrons. The van der Waals surface area contributed by atoms with Crippen molar-refractivity contribution in [3.8, 4) is 10.4 Å². The minimum absolute atomic E-state index is 0. The average molecular weight is 377 g/mol. The summed E-state index contributed by atoms with van der Waals surface area (Å²) in [6.45, 7) is 0.674. The minimum atomic E-state index is -0.269. The molecule has 0 aliphatic carbocycles. The standard InChI is InChI=1S/C17H13N3O2S2.Na/c21-15-12-3-1-10(7-9(12)5-6-18-15)14-4-2-11(24-14)8-13-16(22)20-17(23)19-13;/h1-4,7-8H,5-6H2,(H3,18,19,20,21,22,23);/q;+1/p-1. The van der Waals surface area contributed by atoms with Crippen molar-refractivity contribution < 1.29 is 39.1 Å².